The highest BCUT2D eigenvalue weighted by atomic mass is 16.3. The molecule has 0 amide bonds. The Morgan fingerprint density at radius 1 is 0.357 bits per heavy atom. The summed E-state index contributed by atoms with van der Waals surface area (Å²) in [5.74, 6) is 1.85. The monoisotopic (exact) mass is 716 g/mol. The van der Waals surface area contributed by atoms with Crippen LogP contribution in [-0.4, -0.2) is 19.5 Å². The number of aromatic nitrogens is 4. The van der Waals surface area contributed by atoms with Gasteiger partial charge in [-0.3, -0.25) is 0 Å². The number of fused-ring (bicyclic) bond motifs is 6. The minimum Gasteiger partial charge on any atom is -0.456 e. The average Bonchev–Trinajstić information content (AvgIpc) is 3.83. The van der Waals surface area contributed by atoms with Crippen LogP contribution >= 0.6 is 0 Å². The van der Waals surface area contributed by atoms with E-state index >= 15 is 0 Å². The zero-order valence-electron chi connectivity index (χ0n) is 30.2. The Balaban J connectivity index is 1.07. The van der Waals surface area contributed by atoms with Crippen molar-refractivity contribution >= 4 is 43.7 Å². The van der Waals surface area contributed by atoms with Crippen molar-refractivity contribution in [2.24, 2.45) is 0 Å². The van der Waals surface area contributed by atoms with Crippen LogP contribution in [0.15, 0.2) is 199 Å². The SMILES string of the molecule is c1ccc(-c2nc(-c3ccccc3)nc(-c3cccc4oc5cc(-c6ccc7c(c6)c6cccc(-c8ccccc8)c6n7-c6ccccc6)ccc5c34)n2)cc1. The molecule has 56 heavy (non-hydrogen) atoms. The maximum absolute atomic E-state index is 6.62. The van der Waals surface area contributed by atoms with E-state index < -0.39 is 0 Å². The van der Waals surface area contributed by atoms with Gasteiger partial charge < -0.3 is 8.98 Å². The lowest BCUT2D eigenvalue weighted by Crippen LogP contribution is -2.00. The average molecular weight is 717 g/mol. The molecule has 11 aromatic rings. The zero-order chi connectivity index (χ0) is 37.0. The van der Waals surface area contributed by atoms with Gasteiger partial charge in [0.25, 0.3) is 0 Å². The second-order valence-corrected chi connectivity index (χ2v) is 14.0. The molecule has 0 radical (unpaired) electrons. The summed E-state index contributed by atoms with van der Waals surface area (Å²) in [5, 5.41) is 4.40. The minimum absolute atomic E-state index is 0.602. The van der Waals surface area contributed by atoms with Gasteiger partial charge in [-0.15, -0.1) is 0 Å². The van der Waals surface area contributed by atoms with Crippen LogP contribution in [0.2, 0.25) is 0 Å². The molecule has 0 fully saturated rings. The Kier molecular flexibility index (Phi) is 7.42. The van der Waals surface area contributed by atoms with Gasteiger partial charge in [-0.1, -0.05) is 152 Å². The first-order chi connectivity index (χ1) is 27.8. The lowest BCUT2D eigenvalue weighted by Gasteiger charge is -2.11. The first kappa shape index (κ1) is 31.9. The number of benzene rings is 8. The summed E-state index contributed by atoms with van der Waals surface area (Å²) < 4.78 is 9.01. The number of hydrogen-bond acceptors (Lipinski definition) is 4. The highest BCUT2D eigenvalue weighted by Crippen LogP contribution is 2.42. The van der Waals surface area contributed by atoms with Gasteiger partial charge in [0, 0.05) is 49.5 Å². The molecule has 0 saturated carbocycles. The van der Waals surface area contributed by atoms with E-state index in [-0.39, 0.29) is 0 Å². The van der Waals surface area contributed by atoms with Gasteiger partial charge in [-0.05, 0) is 59.2 Å². The number of rotatable bonds is 6. The molecule has 0 aliphatic rings. The molecule has 0 N–H and O–H groups in total. The molecule has 3 aromatic heterocycles. The smallest absolute Gasteiger partial charge is 0.164 e. The van der Waals surface area contributed by atoms with Crippen molar-refractivity contribution in [2.75, 3.05) is 0 Å². The summed E-state index contributed by atoms with van der Waals surface area (Å²) in [6.07, 6.45) is 0. The van der Waals surface area contributed by atoms with Crippen LogP contribution in [0.3, 0.4) is 0 Å². The molecule has 5 nitrogen and oxygen atoms in total. The summed E-state index contributed by atoms with van der Waals surface area (Å²) in [4.78, 5) is 15.0. The predicted molar refractivity (Wildman–Crippen MR) is 229 cm³/mol. The third kappa shape index (κ3) is 5.29. The fourth-order valence-corrected chi connectivity index (χ4v) is 8.07. The molecule has 3 heterocycles. The Hall–Kier alpha value is -7.63. The molecule has 8 aromatic carbocycles. The molecule has 11 rings (SSSR count). The summed E-state index contributed by atoms with van der Waals surface area (Å²) in [6, 6.07) is 67.5. The highest BCUT2D eigenvalue weighted by Gasteiger charge is 2.20. The van der Waals surface area contributed by atoms with Crippen molar-refractivity contribution in [3.8, 4) is 62.1 Å². The van der Waals surface area contributed by atoms with Crippen molar-refractivity contribution in [2.45, 2.75) is 0 Å². The molecule has 262 valence electrons. The summed E-state index contributed by atoms with van der Waals surface area (Å²) >= 11 is 0. The maximum atomic E-state index is 6.62. The number of para-hydroxylation sites is 2. The van der Waals surface area contributed by atoms with Crippen LogP contribution in [0.4, 0.5) is 0 Å². The van der Waals surface area contributed by atoms with Crippen LogP contribution in [0, 0.1) is 0 Å². The third-order valence-electron chi connectivity index (χ3n) is 10.7. The van der Waals surface area contributed by atoms with Gasteiger partial charge in [0.1, 0.15) is 11.2 Å². The molecule has 0 aliphatic carbocycles. The van der Waals surface area contributed by atoms with Gasteiger partial charge in [-0.2, -0.15) is 0 Å². The Morgan fingerprint density at radius 2 is 0.929 bits per heavy atom. The topological polar surface area (TPSA) is 56.7 Å². The van der Waals surface area contributed by atoms with Crippen molar-refractivity contribution < 1.29 is 4.42 Å². The fourth-order valence-electron chi connectivity index (χ4n) is 8.07. The molecule has 0 atom stereocenters. The molecule has 0 unspecified atom stereocenters. The summed E-state index contributed by atoms with van der Waals surface area (Å²) in [5.41, 5.74) is 12.4. The molecule has 0 saturated heterocycles. The van der Waals surface area contributed by atoms with E-state index in [0.29, 0.717) is 17.5 Å². The van der Waals surface area contributed by atoms with Gasteiger partial charge >= 0.3 is 0 Å². The van der Waals surface area contributed by atoms with Crippen LogP contribution in [0.25, 0.3) is 106 Å². The first-order valence-electron chi connectivity index (χ1n) is 18.8. The summed E-state index contributed by atoms with van der Waals surface area (Å²) in [7, 11) is 0. The zero-order valence-corrected chi connectivity index (χ0v) is 30.2. The first-order valence-corrected chi connectivity index (χ1v) is 18.8. The normalized spacial score (nSPS) is 11.6. The quantitative estimate of drug-likeness (QED) is 0.172. The molecular weight excluding hydrogens is 685 g/mol. The van der Waals surface area contributed by atoms with E-state index in [0.717, 1.165) is 61.0 Å². The van der Waals surface area contributed by atoms with Crippen molar-refractivity contribution in [3.63, 3.8) is 0 Å². The minimum atomic E-state index is 0.602. The molecule has 0 aliphatic heterocycles. The van der Waals surface area contributed by atoms with Gasteiger partial charge in [0.15, 0.2) is 17.5 Å². The van der Waals surface area contributed by atoms with Crippen LogP contribution < -0.4 is 0 Å². The number of hydrogen-bond donors (Lipinski definition) is 0. The largest absolute Gasteiger partial charge is 0.456 e. The van der Waals surface area contributed by atoms with Crippen molar-refractivity contribution in [3.05, 3.63) is 194 Å². The fraction of sp³-hybridized carbons (Fsp3) is 0. The number of nitrogens with zero attached hydrogens (tertiary/aromatic N) is 4. The Labute approximate surface area is 322 Å². The second kappa shape index (κ2) is 13.0. The van der Waals surface area contributed by atoms with Gasteiger partial charge in [0.2, 0.25) is 0 Å². The van der Waals surface area contributed by atoms with Crippen LogP contribution in [-0.2, 0) is 0 Å². The Morgan fingerprint density at radius 3 is 1.62 bits per heavy atom. The van der Waals surface area contributed by atoms with E-state index in [4.69, 9.17) is 19.4 Å². The Bertz CT molecular complexity index is 3170. The van der Waals surface area contributed by atoms with E-state index in [1.54, 1.807) is 0 Å². The predicted octanol–water partition coefficient (Wildman–Crippen LogP) is 13.2. The summed E-state index contributed by atoms with van der Waals surface area (Å²) in [6.45, 7) is 0. The molecule has 0 bridgehead atoms. The lowest BCUT2D eigenvalue weighted by molar-refractivity contribution is 0.669. The van der Waals surface area contributed by atoms with Gasteiger partial charge in [-0.25, -0.2) is 15.0 Å². The van der Waals surface area contributed by atoms with Crippen molar-refractivity contribution in [1.29, 1.82) is 0 Å². The van der Waals surface area contributed by atoms with E-state index in [9.17, 15) is 0 Å². The van der Waals surface area contributed by atoms with Crippen molar-refractivity contribution in [1.82, 2.24) is 19.5 Å². The van der Waals surface area contributed by atoms with Gasteiger partial charge in [0.05, 0.1) is 11.0 Å². The van der Waals surface area contributed by atoms with E-state index in [1.165, 1.54) is 27.4 Å². The maximum Gasteiger partial charge on any atom is 0.164 e. The highest BCUT2D eigenvalue weighted by molar-refractivity contribution is 6.15. The number of furan rings is 1. The lowest BCUT2D eigenvalue weighted by atomic mass is 9.99. The second-order valence-electron chi connectivity index (χ2n) is 14.0. The van der Waals surface area contributed by atoms with E-state index in [1.807, 2.05) is 72.8 Å². The molecule has 5 heteroatoms. The molecule has 0 spiro atoms. The van der Waals surface area contributed by atoms with Crippen LogP contribution in [0.1, 0.15) is 0 Å². The van der Waals surface area contributed by atoms with Crippen LogP contribution in [0.5, 0.6) is 0 Å². The molecular formula is C51H32N4O. The van der Waals surface area contributed by atoms with E-state index in [2.05, 4.69) is 126 Å². The third-order valence-corrected chi connectivity index (χ3v) is 10.7. The standard InChI is InChI=1S/C51H32N4O/c1-5-15-33(16-6-1)39-23-13-24-40-43-31-36(28-30-44(43)55(48(39)40)38-21-11-4-12-22-38)37-27-29-41-46(32-37)56-45-26-14-25-42(47(41)45)51-53-49(34-17-7-2-8-18-34)52-50(54-51)35-19-9-3-10-20-35/h1-32H.